The molecule has 0 aliphatic carbocycles. The highest BCUT2D eigenvalue weighted by molar-refractivity contribution is 14.1. The molecule has 1 aromatic heterocycles. The number of hydrogen-bond acceptors (Lipinski definition) is 5. The van der Waals surface area contributed by atoms with E-state index >= 15 is 0 Å². The minimum atomic E-state index is -3.71. The monoisotopic (exact) mass is 499 g/mol. The Morgan fingerprint density at radius 3 is 2.50 bits per heavy atom. The third-order valence-corrected chi connectivity index (χ3v) is 6.51. The standard InChI is InChI=1S/C17H14IN3O3S2/c1-11-2-7-14(15(18)10-11)16(22)20-12-3-5-13(6-4-12)26(23,24)21-17-19-8-9-25-17/h2-10H,1H3,(H,19,21)(H,20,22). The molecule has 0 fully saturated rings. The number of nitrogens with one attached hydrogen (secondary N) is 2. The minimum Gasteiger partial charge on any atom is -0.322 e. The lowest BCUT2D eigenvalue weighted by Crippen LogP contribution is -2.15. The highest BCUT2D eigenvalue weighted by atomic mass is 127. The maximum atomic E-state index is 12.4. The number of sulfonamides is 1. The van der Waals surface area contributed by atoms with Crippen molar-refractivity contribution >= 4 is 60.7 Å². The highest BCUT2D eigenvalue weighted by Crippen LogP contribution is 2.21. The number of nitrogens with zero attached hydrogens (tertiary/aromatic N) is 1. The summed E-state index contributed by atoms with van der Waals surface area (Å²) in [5, 5.41) is 4.76. The number of benzene rings is 2. The molecule has 26 heavy (non-hydrogen) atoms. The first-order valence-electron chi connectivity index (χ1n) is 7.45. The van der Waals surface area contributed by atoms with E-state index in [2.05, 4.69) is 37.6 Å². The van der Waals surface area contributed by atoms with Gasteiger partial charge in [-0.05, 0) is 65.9 Å². The van der Waals surface area contributed by atoms with Crippen LogP contribution in [0.2, 0.25) is 0 Å². The number of carbonyl (C=O) groups excluding carboxylic acids is 1. The van der Waals surface area contributed by atoms with Crippen LogP contribution in [0, 0.1) is 10.5 Å². The number of amides is 1. The van der Waals surface area contributed by atoms with Gasteiger partial charge in [0.1, 0.15) is 0 Å². The molecule has 0 radical (unpaired) electrons. The SMILES string of the molecule is Cc1ccc(C(=O)Nc2ccc(S(=O)(=O)Nc3nccs3)cc2)c(I)c1. The van der Waals surface area contributed by atoms with Crippen molar-refractivity contribution < 1.29 is 13.2 Å². The normalized spacial score (nSPS) is 11.2. The van der Waals surface area contributed by atoms with E-state index in [1.165, 1.54) is 29.7 Å². The smallest absolute Gasteiger partial charge is 0.263 e. The molecule has 9 heteroatoms. The van der Waals surface area contributed by atoms with E-state index in [0.717, 1.165) is 9.13 Å². The zero-order chi connectivity index (χ0) is 18.7. The van der Waals surface area contributed by atoms with E-state index in [1.54, 1.807) is 23.6 Å². The second-order valence-corrected chi connectivity index (χ2v) is 9.14. The molecule has 0 aliphatic rings. The lowest BCUT2D eigenvalue weighted by Gasteiger charge is -2.09. The molecule has 3 rings (SSSR count). The third-order valence-electron chi connectivity index (χ3n) is 3.45. The number of aryl methyl sites for hydroxylation is 1. The number of aromatic nitrogens is 1. The first-order chi connectivity index (χ1) is 12.3. The van der Waals surface area contributed by atoms with Gasteiger partial charge in [0.2, 0.25) is 0 Å². The summed E-state index contributed by atoms with van der Waals surface area (Å²) < 4.78 is 27.9. The Labute approximate surface area is 168 Å². The summed E-state index contributed by atoms with van der Waals surface area (Å²) >= 11 is 3.31. The molecule has 0 atom stereocenters. The molecule has 1 heterocycles. The van der Waals surface area contributed by atoms with Crippen molar-refractivity contribution in [3.63, 3.8) is 0 Å². The number of halogens is 1. The van der Waals surface area contributed by atoms with Gasteiger partial charge in [0.15, 0.2) is 5.13 Å². The van der Waals surface area contributed by atoms with Gasteiger partial charge in [0.05, 0.1) is 10.5 Å². The van der Waals surface area contributed by atoms with Crippen LogP contribution in [0.5, 0.6) is 0 Å². The number of carbonyl (C=O) groups is 1. The Morgan fingerprint density at radius 2 is 1.88 bits per heavy atom. The fourth-order valence-electron chi connectivity index (χ4n) is 2.17. The van der Waals surface area contributed by atoms with Crippen molar-refractivity contribution in [3.05, 3.63) is 68.7 Å². The van der Waals surface area contributed by atoms with Crippen LogP contribution in [0.1, 0.15) is 15.9 Å². The fourth-order valence-corrected chi connectivity index (χ4v) is 4.87. The predicted octanol–water partition coefficient (Wildman–Crippen LogP) is 4.11. The van der Waals surface area contributed by atoms with Crippen molar-refractivity contribution in [2.45, 2.75) is 11.8 Å². The van der Waals surface area contributed by atoms with Crippen LogP contribution in [-0.2, 0) is 10.0 Å². The molecule has 1 amide bonds. The van der Waals surface area contributed by atoms with Crippen molar-refractivity contribution in [2.75, 3.05) is 10.0 Å². The van der Waals surface area contributed by atoms with Crippen molar-refractivity contribution in [3.8, 4) is 0 Å². The van der Waals surface area contributed by atoms with Gasteiger partial charge in [-0.25, -0.2) is 13.4 Å². The molecule has 134 valence electrons. The van der Waals surface area contributed by atoms with Crippen LogP contribution >= 0.6 is 33.9 Å². The van der Waals surface area contributed by atoms with Crippen LogP contribution in [0.4, 0.5) is 10.8 Å². The zero-order valence-corrected chi connectivity index (χ0v) is 17.4. The lowest BCUT2D eigenvalue weighted by molar-refractivity contribution is 0.102. The Hall–Kier alpha value is -1.98. The number of rotatable bonds is 5. The van der Waals surface area contributed by atoms with Crippen LogP contribution in [0.15, 0.2) is 58.9 Å². The van der Waals surface area contributed by atoms with E-state index in [1.807, 2.05) is 19.1 Å². The van der Waals surface area contributed by atoms with Gasteiger partial charge in [0, 0.05) is 20.8 Å². The van der Waals surface area contributed by atoms with Gasteiger partial charge in [-0.1, -0.05) is 11.6 Å². The van der Waals surface area contributed by atoms with Crippen LogP contribution in [0.25, 0.3) is 0 Å². The quantitative estimate of drug-likeness (QED) is 0.518. The summed E-state index contributed by atoms with van der Waals surface area (Å²) in [4.78, 5) is 16.4. The maximum absolute atomic E-state index is 12.4. The zero-order valence-electron chi connectivity index (χ0n) is 13.6. The summed E-state index contributed by atoms with van der Waals surface area (Å²) in [5.41, 5.74) is 2.16. The molecule has 3 aromatic rings. The molecule has 0 saturated heterocycles. The largest absolute Gasteiger partial charge is 0.322 e. The molecule has 2 N–H and O–H groups in total. The highest BCUT2D eigenvalue weighted by Gasteiger charge is 2.16. The van der Waals surface area contributed by atoms with Crippen LogP contribution < -0.4 is 10.0 Å². The Morgan fingerprint density at radius 1 is 1.15 bits per heavy atom. The molecular formula is C17H14IN3O3S2. The van der Waals surface area contributed by atoms with E-state index in [4.69, 9.17) is 0 Å². The molecule has 0 saturated carbocycles. The summed E-state index contributed by atoms with van der Waals surface area (Å²) in [7, 11) is -3.71. The number of thiazole rings is 1. The molecule has 0 unspecified atom stereocenters. The second kappa shape index (κ2) is 7.72. The summed E-state index contributed by atoms with van der Waals surface area (Å²) in [6.45, 7) is 1.96. The number of anilines is 2. The molecule has 2 aromatic carbocycles. The van der Waals surface area contributed by atoms with Crippen molar-refractivity contribution in [1.82, 2.24) is 4.98 Å². The van der Waals surface area contributed by atoms with E-state index in [0.29, 0.717) is 16.4 Å². The van der Waals surface area contributed by atoms with Gasteiger partial charge in [-0.3, -0.25) is 9.52 Å². The van der Waals surface area contributed by atoms with Gasteiger partial charge in [0.25, 0.3) is 15.9 Å². The average molecular weight is 499 g/mol. The molecular weight excluding hydrogens is 485 g/mol. The van der Waals surface area contributed by atoms with Gasteiger partial charge in [-0.15, -0.1) is 11.3 Å². The topological polar surface area (TPSA) is 88.2 Å². The maximum Gasteiger partial charge on any atom is 0.263 e. The minimum absolute atomic E-state index is 0.0932. The number of hydrogen-bond donors (Lipinski definition) is 2. The first kappa shape index (κ1) is 18.8. The average Bonchev–Trinajstić information content (AvgIpc) is 3.07. The van der Waals surface area contributed by atoms with Crippen LogP contribution in [-0.4, -0.2) is 19.3 Å². The van der Waals surface area contributed by atoms with E-state index in [9.17, 15) is 13.2 Å². The Balaban J connectivity index is 1.74. The van der Waals surface area contributed by atoms with E-state index in [-0.39, 0.29) is 10.8 Å². The molecule has 0 bridgehead atoms. The van der Waals surface area contributed by atoms with Crippen LogP contribution in [0.3, 0.4) is 0 Å². The summed E-state index contributed by atoms with van der Waals surface area (Å²) in [6.07, 6.45) is 1.52. The summed E-state index contributed by atoms with van der Waals surface area (Å²) in [6, 6.07) is 11.5. The van der Waals surface area contributed by atoms with Gasteiger partial charge in [-0.2, -0.15) is 0 Å². The second-order valence-electron chi connectivity index (χ2n) is 5.40. The van der Waals surface area contributed by atoms with Crippen molar-refractivity contribution in [2.24, 2.45) is 0 Å². The van der Waals surface area contributed by atoms with Gasteiger partial charge >= 0.3 is 0 Å². The Bertz CT molecular complexity index is 1030. The fraction of sp³-hybridized carbons (Fsp3) is 0.0588. The van der Waals surface area contributed by atoms with Gasteiger partial charge < -0.3 is 5.32 Å². The molecule has 6 nitrogen and oxygen atoms in total. The van der Waals surface area contributed by atoms with Crippen molar-refractivity contribution in [1.29, 1.82) is 0 Å². The lowest BCUT2D eigenvalue weighted by atomic mass is 10.1. The molecule has 0 spiro atoms. The Kier molecular flexibility index (Phi) is 5.58. The third kappa shape index (κ3) is 4.40. The molecule has 0 aliphatic heterocycles. The van der Waals surface area contributed by atoms with E-state index < -0.39 is 10.0 Å². The first-order valence-corrected chi connectivity index (χ1v) is 10.9. The predicted molar refractivity (Wildman–Crippen MR) is 111 cm³/mol. The summed E-state index contributed by atoms with van der Waals surface area (Å²) in [5.74, 6) is -0.245.